The molecule has 0 spiro atoms. The average molecular weight is 276 g/mol. The standard InChI is InChI=1S/C13H28N2O2S/c1-4-14-10-5-11-18(16,17)15-12-6-8-13(2,3)9-7-12/h12,14-15H,4-11H2,1-3H3. The minimum Gasteiger partial charge on any atom is -0.317 e. The highest BCUT2D eigenvalue weighted by Gasteiger charge is 2.28. The SMILES string of the molecule is CCNCCCS(=O)(=O)NC1CCC(C)(C)CC1. The summed E-state index contributed by atoms with van der Waals surface area (Å²) in [6.07, 6.45) is 4.84. The molecule has 0 aromatic heterocycles. The van der Waals surface area contributed by atoms with Gasteiger partial charge < -0.3 is 5.32 Å². The quantitative estimate of drug-likeness (QED) is 0.698. The fourth-order valence-corrected chi connectivity index (χ4v) is 3.78. The van der Waals surface area contributed by atoms with Crippen molar-refractivity contribution in [1.29, 1.82) is 0 Å². The lowest BCUT2D eigenvalue weighted by molar-refractivity contribution is 0.218. The van der Waals surface area contributed by atoms with E-state index >= 15 is 0 Å². The van der Waals surface area contributed by atoms with Crippen molar-refractivity contribution >= 4 is 10.0 Å². The number of rotatable bonds is 7. The van der Waals surface area contributed by atoms with Crippen LogP contribution in [0.15, 0.2) is 0 Å². The summed E-state index contributed by atoms with van der Waals surface area (Å²) >= 11 is 0. The minimum absolute atomic E-state index is 0.155. The van der Waals surface area contributed by atoms with Crippen molar-refractivity contribution in [2.75, 3.05) is 18.8 Å². The van der Waals surface area contributed by atoms with E-state index in [0.29, 0.717) is 11.8 Å². The molecule has 0 unspecified atom stereocenters. The Labute approximate surface area is 112 Å². The van der Waals surface area contributed by atoms with E-state index < -0.39 is 10.0 Å². The number of sulfonamides is 1. The summed E-state index contributed by atoms with van der Waals surface area (Å²) in [4.78, 5) is 0. The van der Waals surface area contributed by atoms with E-state index in [2.05, 4.69) is 23.9 Å². The van der Waals surface area contributed by atoms with Crippen LogP contribution in [0.2, 0.25) is 0 Å². The maximum atomic E-state index is 11.9. The second-order valence-corrected chi connectivity index (χ2v) is 7.96. The molecule has 1 fully saturated rings. The third-order valence-electron chi connectivity index (χ3n) is 3.70. The van der Waals surface area contributed by atoms with Gasteiger partial charge in [0.25, 0.3) is 0 Å². The highest BCUT2D eigenvalue weighted by molar-refractivity contribution is 7.89. The molecule has 0 saturated heterocycles. The second kappa shape index (κ2) is 6.87. The lowest BCUT2D eigenvalue weighted by Crippen LogP contribution is -2.40. The van der Waals surface area contributed by atoms with Gasteiger partial charge in [-0.2, -0.15) is 0 Å². The monoisotopic (exact) mass is 276 g/mol. The summed E-state index contributed by atoms with van der Waals surface area (Å²) in [5.41, 5.74) is 0.382. The van der Waals surface area contributed by atoms with Crippen molar-refractivity contribution < 1.29 is 8.42 Å². The van der Waals surface area contributed by atoms with Gasteiger partial charge in [0, 0.05) is 6.04 Å². The summed E-state index contributed by atoms with van der Waals surface area (Å²) in [5.74, 6) is 0.236. The van der Waals surface area contributed by atoms with E-state index in [1.54, 1.807) is 0 Å². The first kappa shape index (κ1) is 15.9. The van der Waals surface area contributed by atoms with Crippen molar-refractivity contribution in [1.82, 2.24) is 10.0 Å². The predicted molar refractivity (Wildman–Crippen MR) is 76.1 cm³/mol. The van der Waals surface area contributed by atoms with Gasteiger partial charge in [-0.3, -0.25) is 0 Å². The Balaban J connectivity index is 2.28. The summed E-state index contributed by atoms with van der Waals surface area (Å²) in [6.45, 7) is 8.21. The molecule has 0 aromatic carbocycles. The van der Waals surface area contributed by atoms with Crippen LogP contribution in [0.25, 0.3) is 0 Å². The maximum absolute atomic E-state index is 11.9. The Morgan fingerprint density at radius 1 is 1.22 bits per heavy atom. The van der Waals surface area contributed by atoms with E-state index in [9.17, 15) is 8.42 Å². The molecule has 0 radical (unpaired) electrons. The zero-order chi connectivity index (χ0) is 13.6. The molecule has 5 heteroatoms. The molecule has 0 heterocycles. The van der Waals surface area contributed by atoms with Crippen molar-refractivity contribution in [3.8, 4) is 0 Å². The topological polar surface area (TPSA) is 58.2 Å². The van der Waals surface area contributed by atoms with E-state index in [1.807, 2.05) is 6.92 Å². The number of nitrogens with one attached hydrogen (secondary N) is 2. The largest absolute Gasteiger partial charge is 0.317 e. The summed E-state index contributed by atoms with van der Waals surface area (Å²) < 4.78 is 26.6. The van der Waals surface area contributed by atoms with Gasteiger partial charge >= 0.3 is 0 Å². The van der Waals surface area contributed by atoms with Gasteiger partial charge in [0.2, 0.25) is 10.0 Å². The van der Waals surface area contributed by atoms with E-state index in [4.69, 9.17) is 0 Å². The molecule has 0 amide bonds. The highest BCUT2D eigenvalue weighted by Crippen LogP contribution is 2.35. The molecule has 0 atom stereocenters. The molecule has 2 N–H and O–H groups in total. The Morgan fingerprint density at radius 2 is 1.83 bits per heavy atom. The van der Waals surface area contributed by atoms with Crippen LogP contribution in [-0.4, -0.2) is 33.3 Å². The van der Waals surface area contributed by atoms with Crippen LogP contribution < -0.4 is 10.0 Å². The van der Waals surface area contributed by atoms with Gasteiger partial charge in [-0.25, -0.2) is 13.1 Å². The van der Waals surface area contributed by atoms with Crippen LogP contribution in [0.5, 0.6) is 0 Å². The molecule has 108 valence electrons. The molecule has 0 aromatic rings. The number of hydrogen-bond donors (Lipinski definition) is 2. The van der Waals surface area contributed by atoms with Gasteiger partial charge in [0.1, 0.15) is 0 Å². The van der Waals surface area contributed by atoms with E-state index in [1.165, 1.54) is 0 Å². The van der Waals surface area contributed by atoms with Gasteiger partial charge in [-0.15, -0.1) is 0 Å². The second-order valence-electron chi connectivity index (χ2n) is 6.08. The van der Waals surface area contributed by atoms with Gasteiger partial charge in [0.15, 0.2) is 0 Å². The Morgan fingerprint density at radius 3 is 2.39 bits per heavy atom. The first-order valence-corrected chi connectivity index (χ1v) is 8.70. The maximum Gasteiger partial charge on any atom is 0.211 e. The van der Waals surface area contributed by atoms with Crippen molar-refractivity contribution in [3.63, 3.8) is 0 Å². The molecule has 0 bridgehead atoms. The van der Waals surface area contributed by atoms with E-state index in [0.717, 1.165) is 38.8 Å². The van der Waals surface area contributed by atoms with Crippen molar-refractivity contribution in [2.45, 2.75) is 58.9 Å². The fourth-order valence-electron chi connectivity index (χ4n) is 2.39. The number of hydrogen-bond acceptors (Lipinski definition) is 3. The zero-order valence-electron chi connectivity index (χ0n) is 12.0. The van der Waals surface area contributed by atoms with Crippen LogP contribution in [0, 0.1) is 5.41 Å². The Hall–Kier alpha value is -0.130. The molecule has 1 aliphatic carbocycles. The van der Waals surface area contributed by atoms with Crippen LogP contribution in [0.4, 0.5) is 0 Å². The first-order valence-electron chi connectivity index (χ1n) is 7.05. The Bertz CT molecular complexity index is 329. The summed E-state index contributed by atoms with van der Waals surface area (Å²) in [7, 11) is -3.09. The minimum atomic E-state index is -3.09. The Kier molecular flexibility index (Phi) is 6.08. The summed E-state index contributed by atoms with van der Waals surface area (Å²) in [5, 5.41) is 3.14. The average Bonchev–Trinajstić information content (AvgIpc) is 2.27. The van der Waals surface area contributed by atoms with Crippen LogP contribution in [0.1, 0.15) is 52.9 Å². The smallest absolute Gasteiger partial charge is 0.211 e. The molecular formula is C13H28N2O2S. The van der Waals surface area contributed by atoms with Crippen LogP contribution in [0.3, 0.4) is 0 Å². The molecule has 1 aliphatic rings. The normalized spacial score (nSPS) is 21.1. The first-order chi connectivity index (χ1) is 8.35. The highest BCUT2D eigenvalue weighted by atomic mass is 32.2. The third-order valence-corrected chi connectivity index (χ3v) is 5.22. The fraction of sp³-hybridized carbons (Fsp3) is 1.00. The molecule has 1 saturated carbocycles. The molecule has 1 rings (SSSR count). The van der Waals surface area contributed by atoms with Crippen LogP contribution in [-0.2, 0) is 10.0 Å². The van der Waals surface area contributed by atoms with Crippen molar-refractivity contribution in [2.24, 2.45) is 5.41 Å². The van der Waals surface area contributed by atoms with Gasteiger partial charge in [-0.1, -0.05) is 20.8 Å². The third kappa shape index (κ3) is 6.16. The van der Waals surface area contributed by atoms with Crippen molar-refractivity contribution in [3.05, 3.63) is 0 Å². The molecule has 4 nitrogen and oxygen atoms in total. The van der Waals surface area contributed by atoms with Gasteiger partial charge in [0.05, 0.1) is 5.75 Å². The molecule has 18 heavy (non-hydrogen) atoms. The van der Waals surface area contributed by atoms with E-state index in [-0.39, 0.29) is 11.8 Å². The van der Waals surface area contributed by atoms with Crippen LogP contribution >= 0.6 is 0 Å². The zero-order valence-corrected chi connectivity index (χ0v) is 12.8. The lowest BCUT2D eigenvalue weighted by Gasteiger charge is -2.34. The predicted octanol–water partition coefficient (Wildman–Crippen LogP) is 1.87. The lowest BCUT2D eigenvalue weighted by atomic mass is 9.76. The molecular weight excluding hydrogens is 248 g/mol. The summed E-state index contributed by atoms with van der Waals surface area (Å²) in [6, 6.07) is 0.155. The van der Waals surface area contributed by atoms with Gasteiger partial charge in [-0.05, 0) is 50.6 Å². The molecule has 0 aliphatic heterocycles.